The maximum absolute atomic E-state index is 15.8. The molecule has 0 radical (unpaired) electrons. The molecule has 1 aromatic carbocycles. The van der Waals surface area contributed by atoms with Crippen LogP contribution in [0.1, 0.15) is 191 Å². The molecule has 1 spiro atoms. The molecule has 2 aromatic heterocycles. The third-order valence-corrected chi connectivity index (χ3v) is 24.9. The van der Waals surface area contributed by atoms with E-state index in [9.17, 15) is 25.2 Å². The van der Waals surface area contributed by atoms with Crippen LogP contribution < -0.4 is 10.6 Å². The predicted octanol–water partition coefficient (Wildman–Crippen LogP) is 9.10. The predicted molar refractivity (Wildman–Crippen MR) is 304 cm³/mol. The third-order valence-electron chi connectivity index (χ3n) is 24.9. The molecule has 79 heavy (non-hydrogen) atoms. The number of hydrogen-bond acceptors (Lipinski definition) is 11. The van der Waals surface area contributed by atoms with Crippen LogP contribution in [0.3, 0.4) is 0 Å². The Labute approximate surface area is 469 Å². The minimum absolute atomic E-state index is 0.0586. The monoisotopic (exact) mass is 1090 g/mol. The molecular weight excluding hydrogens is 993 g/mol. The number of H-pyrrole nitrogens is 1. The van der Waals surface area contributed by atoms with Gasteiger partial charge in [0, 0.05) is 85.7 Å². The largest absolute Gasteiger partial charge is 0.393 e. The Hall–Kier alpha value is -3.53. The van der Waals surface area contributed by atoms with Crippen LogP contribution in [0.15, 0.2) is 41.7 Å². The lowest BCUT2D eigenvalue weighted by Crippen LogP contribution is -2.72. The molecule has 12 rings (SSSR count). The van der Waals surface area contributed by atoms with E-state index < -0.39 is 73.8 Å². The minimum Gasteiger partial charge on any atom is -0.393 e. The number of aldehydes is 1. The van der Waals surface area contributed by atoms with Crippen LogP contribution in [0, 0.1) is 56.2 Å². The molecule has 7 N–H and O–H groups in total. The van der Waals surface area contributed by atoms with Gasteiger partial charge in [-0.15, -0.1) is 0 Å². The first kappa shape index (κ1) is 56.0. The number of ether oxygens (including phenoxy) is 2. The molecular formula is C66H94N4O9. The van der Waals surface area contributed by atoms with Gasteiger partial charge in [-0.1, -0.05) is 65.7 Å². The molecule has 5 heterocycles. The van der Waals surface area contributed by atoms with Crippen molar-refractivity contribution in [3.63, 3.8) is 0 Å². The molecule has 432 valence electrons. The van der Waals surface area contributed by atoms with Crippen molar-refractivity contribution in [2.24, 2.45) is 56.2 Å². The Morgan fingerprint density at radius 1 is 0.899 bits per heavy atom. The van der Waals surface area contributed by atoms with Crippen LogP contribution in [0.5, 0.6) is 0 Å². The molecule has 3 aliphatic heterocycles. The van der Waals surface area contributed by atoms with Crippen molar-refractivity contribution in [1.82, 2.24) is 20.2 Å². The molecule has 9 aliphatic rings. The fourth-order valence-electron chi connectivity index (χ4n) is 20.5. The number of benzene rings is 1. The number of aliphatic hydroxyl groups is 4. The van der Waals surface area contributed by atoms with Crippen LogP contribution in [-0.4, -0.2) is 118 Å². The van der Waals surface area contributed by atoms with Gasteiger partial charge < -0.3 is 54.9 Å². The van der Waals surface area contributed by atoms with Gasteiger partial charge in [-0.3, -0.25) is 9.59 Å². The number of rotatable bonds is 13. The number of epoxide rings is 1. The lowest BCUT2D eigenvalue weighted by molar-refractivity contribution is -0.262. The third kappa shape index (κ3) is 8.27. The molecule has 2 saturated heterocycles. The summed E-state index contributed by atoms with van der Waals surface area (Å²) < 4.78 is 14.2. The molecule has 7 fully saturated rings. The number of allylic oxidation sites excluding steroid dienone is 1. The van der Waals surface area contributed by atoms with E-state index in [1.807, 2.05) is 27.9 Å². The normalized spacial score (nSPS) is 41.2. The summed E-state index contributed by atoms with van der Waals surface area (Å²) in [6, 6.07) is 6.56. The Bertz CT molecular complexity index is 2930. The molecule has 16 atom stereocenters. The van der Waals surface area contributed by atoms with Crippen molar-refractivity contribution in [2.45, 2.75) is 212 Å². The number of aromatic nitrogens is 2. The first-order chi connectivity index (χ1) is 37.5. The van der Waals surface area contributed by atoms with Gasteiger partial charge in [0.25, 0.3) is 0 Å². The van der Waals surface area contributed by atoms with Crippen LogP contribution in [0.25, 0.3) is 11.0 Å². The molecule has 3 aromatic rings. The van der Waals surface area contributed by atoms with Gasteiger partial charge in [0.05, 0.1) is 46.5 Å². The summed E-state index contributed by atoms with van der Waals surface area (Å²) in [6.45, 7) is 18.4. The number of nitrogens with one attached hydrogen (secondary N) is 3. The second kappa shape index (κ2) is 19.5. The summed E-state index contributed by atoms with van der Waals surface area (Å²) in [7, 11) is 3.97. The first-order valence-corrected chi connectivity index (χ1v) is 30.9. The van der Waals surface area contributed by atoms with E-state index in [0.29, 0.717) is 103 Å². The maximum Gasteiger partial charge on any atom is 0.160 e. The smallest absolute Gasteiger partial charge is 0.160 e. The lowest BCUT2D eigenvalue weighted by Gasteiger charge is -2.74. The highest BCUT2D eigenvalue weighted by molar-refractivity contribution is 6.02. The van der Waals surface area contributed by atoms with E-state index in [4.69, 9.17) is 9.47 Å². The average Bonchev–Trinajstić information content (AvgIpc) is 2.50. The Morgan fingerprint density at radius 2 is 1.65 bits per heavy atom. The van der Waals surface area contributed by atoms with Crippen molar-refractivity contribution in [1.29, 1.82) is 0 Å². The van der Waals surface area contributed by atoms with E-state index in [2.05, 4.69) is 85.4 Å². The van der Waals surface area contributed by atoms with Crippen molar-refractivity contribution in [3.8, 4) is 0 Å². The maximum atomic E-state index is 15.8. The van der Waals surface area contributed by atoms with Gasteiger partial charge in [-0.2, -0.15) is 0 Å². The average molecular weight is 1090 g/mol. The number of carbonyl (C=O) groups is 3. The standard InChI is InChI=1S/C66H94N4O9/c1-59(2)58(79-59)49(74)30-60(3)17-14-39-34-69-54-45(47(37-71)41-26-40(44-13-11-10-12-38(44)33-68-9)27-42(28-41)66(77)21-24-78-25-22-66)35-70(55(39)54)36-46-52-53(60)48(73)31-63(52,6)62(5)18-16-50-61(4,20-23-67-8)51(75)32-65(19-15-43(72)29-65)64(50,7)57(62)56(46)76/h26-28,34-35,37-38,43-44,46-47,49-50,56-58,67-69,72,74,76-77H,10-25,29-33,36H2,1-9H3/t38-,43-,44+,46+,47+,49+,50-,56+,57-,58+,60-,61-,62-,63-,64+,65+/m0/s1. The highest BCUT2D eigenvalue weighted by Gasteiger charge is 2.77. The molecule has 5 saturated carbocycles. The molecule has 6 aliphatic carbocycles. The van der Waals surface area contributed by atoms with Gasteiger partial charge in [-0.25, -0.2) is 0 Å². The highest BCUT2D eigenvalue weighted by Crippen LogP contribution is 2.80. The van der Waals surface area contributed by atoms with E-state index >= 15 is 9.59 Å². The molecule has 0 amide bonds. The van der Waals surface area contributed by atoms with E-state index in [1.54, 1.807) is 0 Å². The topological polar surface area (TPSA) is 199 Å². The Kier molecular flexibility index (Phi) is 13.8. The quantitative estimate of drug-likeness (QED) is 0.0637. The molecule has 0 unspecified atom stereocenters. The summed E-state index contributed by atoms with van der Waals surface area (Å²) in [6.07, 6.45) is 14.3. The second-order valence-corrected chi connectivity index (χ2v) is 29.2. The second-order valence-electron chi connectivity index (χ2n) is 29.2. The van der Waals surface area contributed by atoms with Crippen LogP contribution >= 0.6 is 0 Å². The van der Waals surface area contributed by atoms with E-state index in [1.165, 1.54) is 12.0 Å². The summed E-state index contributed by atoms with van der Waals surface area (Å²) in [5.41, 5.74) is 3.04. The van der Waals surface area contributed by atoms with Crippen LogP contribution in [0.4, 0.5) is 0 Å². The number of aryl methyl sites for hydroxylation is 1. The minimum atomic E-state index is -1.09. The number of carbonyl (C=O) groups excluding carboxylic acids is 3. The number of nitrogens with zero attached hydrogens (tertiary/aromatic N) is 1. The van der Waals surface area contributed by atoms with Gasteiger partial charge in [0.15, 0.2) is 5.78 Å². The zero-order valence-corrected chi connectivity index (χ0v) is 49.1. The van der Waals surface area contributed by atoms with Crippen LogP contribution in [-0.2, 0) is 42.4 Å². The number of hydrogen-bond donors (Lipinski definition) is 7. The number of fused-ring (bicyclic) bond motifs is 5. The van der Waals surface area contributed by atoms with Crippen molar-refractivity contribution in [2.75, 3.05) is 40.4 Å². The zero-order chi connectivity index (χ0) is 56.0. The van der Waals surface area contributed by atoms with Gasteiger partial charge in [-0.05, 0) is 185 Å². The molecule has 13 heteroatoms. The summed E-state index contributed by atoms with van der Waals surface area (Å²) in [5.74, 6) is -0.553. The fourth-order valence-corrected chi connectivity index (χ4v) is 20.5. The Morgan fingerprint density at radius 3 is 2.33 bits per heavy atom. The molecule has 0 bridgehead atoms. The van der Waals surface area contributed by atoms with E-state index in [0.717, 1.165) is 89.4 Å². The van der Waals surface area contributed by atoms with E-state index in [-0.39, 0.29) is 35.4 Å². The molecule has 13 nitrogen and oxygen atoms in total. The van der Waals surface area contributed by atoms with Crippen LogP contribution in [0.2, 0.25) is 0 Å². The number of ketones is 2. The number of Topliss-reactive ketones (excluding diaryl/α,β-unsaturated/α-hetero) is 2. The summed E-state index contributed by atoms with van der Waals surface area (Å²) in [4.78, 5) is 48.8. The zero-order valence-electron chi connectivity index (χ0n) is 49.1. The van der Waals surface area contributed by atoms with Gasteiger partial charge in [0.2, 0.25) is 0 Å². The van der Waals surface area contributed by atoms with Crippen molar-refractivity contribution in [3.05, 3.63) is 69.6 Å². The summed E-state index contributed by atoms with van der Waals surface area (Å²) >= 11 is 0. The van der Waals surface area contributed by atoms with Crippen molar-refractivity contribution < 1.29 is 44.3 Å². The Balaban J connectivity index is 1.05. The number of aromatic amines is 1. The SMILES string of the molecule is CNCC[C@]1(C)C(=O)C[C@]2(CC[C@H](O)C2)[C@@]2(C)[C@H]3[C@H](O)[C@@H]4Cn5cc([C@H](C=O)c6cc([C@@H]7CCCC[C@H]7CNC)cc(C7(O)CCOCC7)c6)c6[nH]cc(c65)CC[C@@](C)(C[C@@H](O)[C@H]5OC5(C)C)C5=C4[C@](C)(CC5=O)[C@@]3(C)CC[C@H]21. The fraction of sp³-hybridized carbons (Fsp3) is 0.742. The first-order valence-electron chi connectivity index (χ1n) is 30.9. The van der Waals surface area contributed by atoms with Crippen molar-refractivity contribution >= 4 is 28.9 Å². The number of aliphatic hydroxyl groups excluding tert-OH is 3. The highest BCUT2D eigenvalue weighted by atomic mass is 16.6. The lowest BCUT2D eigenvalue weighted by atomic mass is 9.30. The van der Waals surface area contributed by atoms with Gasteiger partial charge >= 0.3 is 0 Å². The van der Waals surface area contributed by atoms with Gasteiger partial charge in [0.1, 0.15) is 18.2 Å². The summed E-state index contributed by atoms with van der Waals surface area (Å²) in [5, 5.41) is 57.5.